The van der Waals surface area contributed by atoms with E-state index >= 15 is 0 Å². The molecule has 0 atom stereocenters. The van der Waals surface area contributed by atoms with Crippen molar-refractivity contribution in [2.45, 2.75) is 6.92 Å². The minimum Gasteiger partial charge on any atom is -0.493 e. The van der Waals surface area contributed by atoms with Crippen molar-refractivity contribution in [3.8, 4) is 17.2 Å². The first kappa shape index (κ1) is 16.9. The molecule has 130 valence electrons. The molecule has 3 aromatic rings. The molecule has 0 aliphatic carbocycles. The summed E-state index contributed by atoms with van der Waals surface area (Å²) in [6.45, 7) is 2.18. The van der Waals surface area contributed by atoms with Crippen LogP contribution in [0.4, 0.5) is 0 Å². The Hall–Kier alpha value is -2.99. The molecule has 6 nitrogen and oxygen atoms in total. The molecule has 0 heterocycles. The molecule has 0 unspecified atom stereocenters. The molecule has 0 spiro atoms. The summed E-state index contributed by atoms with van der Waals surface area (Å²) >= 11 is 0. The van der Waals surface area contributed by atoms with E-state index in [0.717, 1.165) is 10.8 Å². The molecule has 0 bridgehead atoms. The number of ether oxygens (including phenoxy) is 2. The van der Waals surface area contributed by atoms with Crippen molar-refractivity contribution in [3.05, 3.63) is 42.0 Å². The number of aromatic carboxylic acids is 1. The van der Waals surface area contributed by atoms with Gasteiger partial charge in [0.05, 0.1) is 26.4 Å². The molecule has 0 saturated heterocycles. The number of carbonyl (C=O) groups is 1. The third kappa shape index (κ3) is 2.92. The highest BCUT2D eigenvalue weighted by atomic mass is 17.2. The lowest BCUT2D eigenvalue weighted by Gasteiger charge is -2.14. The molecular formula is C19H18O6. The highest BCUT2D eigenvalue weighted by molar-refractivity contribution is 6.17. The molecule has 0 aromatic heterocycles. The number of rotatable bonds is 6. The normalized spacial score (nSPS) is 10.8. The molecule has 0 amide bonds. The van der Waals surface area contributed by atoms with Crippen molar-refractivity contribution in [2.24, 2.45) is 0 Å². The highest BCUT2D eigenvalue weighted by Crippen LogP contribution is 2.39. The summed E-state index contributed by atoms with van der Waals surface area (Å²) in [5.41, 5.74) is 0.149. The van der Waals surface area contributed by atoms with Gasteiger partial charge in [-0.05, 0) is 42.0 Å². The van der Waals surface area contributed by atoms with E-state index in [-0.39, 0.29) is 5.56 Å². The van der Waals surface area contributed by atoms with Gasteiger partial charge in [-0.2, -0.15) is 4.89 Å². The molecule has 1 N–H and O–H groups in total. The van der Waals surface area contributed by atoms with E-state index in [2.05, 4.69) is 0 Å². The smallest absolute Gasteiger partial charge is 0.336 e. The average Bonchev–Trinajstić information content (AvgIpc) is 2.64. The van der Waals surface area contributed by atoms with E-state index in [9.17, 15) is 9.90 Å². The van der Waals surface area contributed by atoms with E-state index in [1.807, 2.05) is 12.1 Å². The summed E-state index contributed by atoms with van der Waals surface area (Å²) in [6.07, 6.45) is 0. The van der Waals surface area contributed by atoms with E-state index in [1.54, 1.807) is 31.2 Å². The number of carboxylic acid groups (broad SMARTS) is 1. The zero-order valence-corrected chi connectivity index (χ0v) is 14.2. The van der Waals surface area contributed by atoms with Crippen LogP contribution in [0.5, 0.6) is 17.2 Å². The molecule has 0 saturated carbocycles. The van der Waals surface area contributed by atoms with Crippen LogP contribution in [0.3, 0.4) is 0 Å². The van der Waals surface area contributed by atoms with Gasteiger partial charge in [-0.3, -0.25) is 0 Å². The number of benzene rings is 3. The van der Waals surface area contributed by atoms with Crippen molar-refractivity contribution in [3.63, 3.8) is 0 Å². The van der Waals surface area contributed by atoms with Gasteiger partial charge in [0.2, 0.25) is 0 Å². The predicted molar refractivity (Wildman–Crippen MR) is 93.8 cm³/mol. The third-order valence-corrected chi connectivity index (χ3v) is 3.96. The second-order valence-corrected chi connectivity index (χ2v) is 5.32. The second kappa shape index (κ2) is 6.86. The van der Waals surface area contributed by atoms with Crippen molar-refractivity contribution < 1.29 is 29.1 Å². The fourth-order valence-electron chi connectivity index (χ4n) is 2.85. The molecule has 3 aromatic carbocycles. The van der Waals surface area contributed by atoms with Gasteiger partial charge in [0, 0.05) is 10.8 Å². The maximum absolute atomic E-state index is 11.8. The fraction of sp³-hybridized carbons (Fsp3) is 0.211. The lowest BCUT2D eigenvalue weighted by atomic mass is 9.96. The number of methoxy groups -OCH3 is 2. The SMILES string of the molecule is CCOOc1cccc2c1cc(C(=O)O)c1cc(OC)c(OC)cc12. The Labute approximate surface area is 144 Å². The first-order chi connectivity index (χ1) is 12.1. The summed E-state index contributed by atoms with van der Waals surface area (Å²) in [6, 6.07) is 10.5. The maximum atomic E-state index is 11.8. The zero-order chi connectivity index (χ0) is 18.0. The van der Waals surface area contributed by atoms with Crippen LogP contribution in [0.2, 0.25) is 0 Å². The molecule has 0 radical (unpaired) electrons. The Bertz CT molecular complexity index is 948. The first-order valence-corrected chi connectivity index (χ1v) is 7.75. The molecule has 25 heavy (non-hydrogen) atoms. The molecule has 0 fully saturated rings. The van der Waals surface area contributed by atoms with E-state index in [1.165, 1.54) is 14.2 Å². The largest absolute Gasteiger partial charge is 0.493 e. The Kier molecular flexibility index (Phi) is 4.63. The highest BCUT2D eigenvalue weighted by Gasteiger charge is 2.18. The van der Waals surface area contributed by atoms with Gasteiger partial charge in [-0.1, -0.05) is 12.1 Å². The van der Waals surface area contributed by atoms with Gasteiger partial charge in [0.15, 0.2) is 17.2 Å². The van der Waals surface area contributed by atoms with Crippen LogP contribution in [0, 0.1) is 0 Å². The minimum absolute atomic E-state index is 0.149. The lowest BCUT2D eigenvalue weighted by molar-refractivity contribution is -0.200. The van der Waals surface area contributed by atoms with Crippen LogP contribution < -0.4 is 14.4 Å². The Balaban J connectivity index is 2.42. The standard InChI is InChI=1S/C19H18O6/c1-4-24-25-16-7-5-6-11-12-9-17(22-2)18(23-3)10-13(12)15(19(20)21)8-14(11)16/h5-10H,4H2,1-3H3,(H,20,21). The Morgan fingerprint density at radius 1 is 0.920 bits per heavy atom. The van der Waals surface area contributed by atoms with E-state index in [4.69, 9.17) is 19.2 Å². The lowest BCUT2D eigenvalue weighted by Crippen LogP contribution is -2.01. The van der Waals surface area contributed by atoms with Gasteiger partial charge in [0.25, 0.3) is 0 Å². The van der Waals surface area contributed by atoms with Crippen LogP contribution in [0.25, 0.3) is 21.5 Å². The van der Waals surface area contributed by atoms with Crippen molar-refractivity contribution in [1.82, 2.24) is 0 Å². The maximum Gasteiger partial charge on any atom is 0.336 e. The summed E-state index contributed by atoms with van der Waals surface area (Å²) in [7, 11) is 3.05. The molecular weight excluding hydrogens is 324 g/mol. The van der Waals surface area contributed by atoms with Crippen LogP contribution in [-0.2, 0) is 4.89 Å². The van der Waals surface area contributed by atoms with Crippen LogP contribution in [-0.4, -0.2) is 31.9 Å². The second-order valence-electron chi connectivity index (χ2n) is 5.32. The van der Waals surface area contributed by atoms with E-state index in [0.29, 0.717) is 34.6 Å². The number of hydrogen-bond acceptors (Lipinski definition) is 5. The molecule has 3 rings (SSSR count). The zero-order valence-electron chi connectivity index (χ0n) is 14.2. The topological polar surface area (TPSA) is 74.2 Å². The monoisotopic (exact) mass is 342 g/mol. The average molecular weight is 342 g/mol. The van der Waals surface area contributed by atoms with Crippen LogP contribution in [0.1, 0.15) is 17.3 Å². The number of carboxylic acids is 1. The van der Waals surface area contributed by atoms with Gasteiger partial charge in [0.1, 0.15) is 0 Å². The number of hydrogen-bond donors (Lipinski definition) is 1. The van der Waals surface area contributed by atoms with Crippen LogP contribution in [0.15, 0.2) is 36.4 Å². The third-order valence-electron chi connectivity index (χ3n) is 3.96. The van der Waals surface area contributed by atoms with Crippen molar-refractivity contribution >= 4 is 27.5 Å². The van der Waals surface area contributed by atoms with Gasteiger partial charge in [-0.25, -0.2) is 4.79 Å². The van der Waals surface area contributed by atoms with Gasteiger partial charge < -0.3 is 19.5 Å². The van der Waals surface area contributed by atoms with Gasteiger partial charge >= 0.3 is 5.97 Å². The molecule has 6 heteroatoms. The summed E-state index contributed by atoms with van der Waals surface area (Å²) in [5.74, 6) is 0.414. The number of fused-ring (bicyclic) bond motifs is 3. The van der Waals surface area contributed by atoms with Crippen LogP contribution >= 0.6 is 0 Å². The van der Waals surface area contributed by atoms with Crippen molar-refractivity contribution in [1.29, 1.82) is 0 Å². The van der Waals surface area contributed by atoms with E-state index < -0.39 is 5.97 Å². The predicted octanol–water partition coefficient (Wildman–Crippen LogP) is 4.04. The van der Waals surface area contributed by atoms with Crippen molar-refractivity contribution in [2.75, 3.05) is 20.8 Å². The first-order valence-electron chi connectivity index (χ1n) is 7.75. The quantitative estimate of drug-likeness (QED) is 0.414. The van der Waals surface area contributed by atoms with Gasteiger partial charge in [-0.15, -0.1) is 0 Å². The summed E-state index contributed by atoms with van der Waals surface area (Å²) < 4.78 is 10.7. The minimum atomic E-state index is -1.04. The fourth-order valence-corrected chi connectivity index (χ4v) is 2.85. The summed E-state index contributed by atoms with van der Waals surface area (Å²) in [5, 5.41) is 12.4. The Morgan fingerprint density at radius 3 is 2.20 bits per heavy atom. The molecule has 0 aliphatic heterocycles. The molecule has 0 aliphatic rings. The summed E-state index contributed by atoms with van der Waals surface area (Å²) in [4.78, 5) is 22.1. The Morgan fingerprint density at radius 2 is 1.60 bits per heavy atom.